The highest BCUT2D eigenvalue weighted by Crippen LogP contribution is 2.32. The maximum atomic E-state index is 12.8. The minimum atomic E-state index is -0.228. The first-order valence-electron chi connectivity index (χ1n) is 9.18. The molecule has 1 saturated heterocycles. The summed E-state index contributed by atoms with van der Waals surface area (Å²) in [4.78, 5) is 24.2. The monoisotopic (exact) mass is 457 g/mol. The zero-order valence-electron chi connectivity index (χ0n) is 15.5. The molecule has 3 aromatic rings. The molecule has 28 heavy (non-hydrogen) atoms. The van der Waals surface area contributed by atoms with E-state index in [0.717, 1.165) is 26.0 Å². The number of benzene rings is 2. The van der Waals surface area contributed by atoms with E-state index >= 15 is 0 Å². The van der Waals surface area contributed by atoms with Crippen LogP contribution < -0.4 is 0 Å². The number of carbonyl (C=O) groups is 1. The summed E-state index contributed by atoms with van der Waals surface area (Å²) in [6, 6.07) is 15.9. The van der Waals surface area contributed by atoms with Crippen molar-refractivity contribution in [1.82, 2.24) is 14.9 Å². The molecule has 0 N–H and O–H groups in total. The number of morpholine rings is 1. The molecule has 1 unspecified atom stereocenters. The zero-order valence-corrected chi connectivity index (χ0v) is 17.9. The Morgan fingerprint density at radius 3 is 2.57 bits per heavy atom. The summed E-state index contributed by atoms with van der Waals surface area (Å²) in [5.74, 6) is 0.793. The Kier molecular flexibility index (Phi) is 5.94. The number of para-hydroxylation sites is 1. The first-order chi connectivity index (χ1) is 13.6. The van der Waals surface area contributed by atoms with Gasteiger partial charge in [0.1, 0.15) is 5.03 Å². The average molecular weight is 458 g/mol. The van der Waals surface area contributed by atoms with Crippen LogP contribution >= 0.6 is 27.7 Å². The summed E-state index contributed by atoms with van der Waals surface area (Å²) < 4.78 is 6.36. The van der Waals surface area contributed by atoms with E-state index in [2.05, 4.69) is 15.9 Å². The fraction of sp³-hybridized carbons (Fsp3) is 0.286. The first-order valence-corrected chi connectivity index (χ1v) is 10.8. The van der Waals surface area contributed by atoms with Crippen LogP contribution in [0.25, 0.3) is 22.3 Å². The van der Waals surface area contributed by atoms with Crippen LogP contribution in [0.5, 0.6) is 0 Å². The van der Waals surface area contributed by atoms with E-state index in [1.54, 1.807) is 0 Å². The van der Waals surface area contributed by atoms with Crippen LogP contribution in [-0.2, 0) is 9.53 Å². The minimum Gasteiger partial charge on any atom is -0.378 e. The molecular weight excluding hydrogens is 438 g/mol. The predicted molar refractivity (Wildman–Crippen MR) is 115 cm³/mol. The number of rotatable bonds is 4. The van der Waals surface area contributed by atoms with Crippen molar-refractivity contribution in [1.29, 1.82) is 0 Å². The number of nitrogens with zero attached hydrogens (tertiary/aromatic N) is 3. The van der Waals surface area contributed by atoms with Gasteiger partial charge in [-0.15, -0.1) is 0 Å². The van der Waals surface area contributed by atoms with Crippen molar-refractivity contribution < 1.29 is 9.53 Å². The van der Waals surface area contributed by atoms with Crippen molar-refractivity contribution in [3.05, 3.63) is 53.0 Å². The number of amides is 1. The highest BCUT2D eigenvalue weighted by atomic mass is 79.9. The van der Waals surface area contributed by atoms with Gasteiger partial charge in [0, 0.05) is 28.5 Å². The maximum Gasteiger partial charge on any atom is 0.235 e. The van der Waals surface area contributed by atoms with Gasteiger partial charge >= 0.3 is 0 Å². The Labute approximate surface area is 176 Å². The summed E-state index contributed by atoms with van der Waals surface area (Å²) >= 11 is 4.96. The Balaban J connectivity index is 1.67. The number of hydrogen-bond acceptors (Lipinski definition) is 5. The number of thioether (sulfide) groups is 1. The molecule has 4 rings (SSSR count). The number of halogens is 1. The molecule has 2 heterocycles. The molecule has 0 aliphatic carbocycles. The quantitative estimate of drug-likeness (QED) is 0.429. The molecule has 5 nitrogen and oxygen atoms in total. The molecule has 1 amide bonds. The summed E-state index contributed by atoms with van der Waals surface area (Å²) in [5, 5.41) is 1.57. The lowest BCUT2D eigenvalue weighted by atomic mass is 10.2. The molecular formula is C21H20BrN3O2S. The second-order valence-corrected chi connectivity index (χ2v) is 8.82. The molecule has 1 aliphatic heterocycles. The van der Waals surface area contributed by atoms with Crippen molar-refractivity contribution in [2.45, 2.75) is 17.2 Å². The van der Waals surface area contributed by atoms with E-state index in [1.165, 1.54) is 11.8 Å². The number of fused-ring (bicyclic) bond motifs is 1. The second kappa shape index (κ2) is 8.59. The molecule has 1 aliphatic rings. The van der Waals surface area contributed by atoms with E-state index in [9.17, 15) is 4.79 Å². The van der Waals surface area contributed by atoms with Gasteiger partial charge < -0.3 is 9.64 Å². The third-order valence-electron chi connectivity index (χ3n) is 4.63. The van der Waals surface area contributed by atoms with Gasteiger partial charge in [-0.25, -0.2) is 9.97 Å². The molecule has 1 aromatic heterocycles. The van der Waals surface area contributed by atoms with Gasteiger partial charge in [0.05, 0.1) is 24.0 Å². The Hall–Kier alpha value is -1.96. The lowest BCUT2D eigenvalue weighted by Crippen LogP contribution is -2.44. The lowest BCUT2D eigenvalue weighted by Gasteiger charge is -2.29. The van der Waals surface area contributed by atoms with Crippen LogP contribution in [0.4, 0.5) is 0 Å². The highest BCUT2D eigenvalue weighted by Gasteiger charge is 2.24. The first kappa shape index (κ1) is 19.4. The van der Waals surface area contributed by atoms with Gasteiger partial charge in [0.15, 0.2) is 5.82 Å². The number of ether oxygens (including phenoxy) is 1. The van der Waals surface area contributed by atoms with Crippen LogP contribution in [0, 0.1) is 0 Å². The van der Waals surface area contributed by atoms with Crippen LogP contribution in [0.2, 0.25) is 0 Å². The molecule has 0 spiro atoms. The Morgan fingerprint density at radius 2 is 1.82 bits per heavy atom. The van der Waals surface area contributed by atoms with Crippen molar-refractivity contribution in [2.24, 2.45) is 0 Å². The number of carbonyl (C=O) groups excluding carboxylic acids is 1. The largest absolute Gasteiger partial charge is 0.378 e. The Bertz CT molecular complexity index is 991. The summed E-state index contributed by atoms with van der Waals surface area (Å²) in [6.07, 6.45) is 0. The lowest BCUT2D eigenvalue weighted by molar-refractivity contribution is -0.134. The third kappa shape index (κ3) is 4.21. The SMILES string of the molecule is CC(Sc1nc(-c2ccc(Br)cc2)nc2ccccc12)C(=O)N1CCOCC1. The normalized spacial score (nSPS) is 15.6. The van der Waals surface area contributed by atoms with E-state index < -0.39 is 0 Å². The topological polar surface area (TPSA) is 55.3 Å². The molecule has 1 atom stereocenters. The third-order valence-corrected chi connectivity index (χ3v) is 6.25. The van der Waals surface area contributed by atoms with Gasteiger partial charge in [-0.1, -0.05) is 58.0 Å². The van der Waals surface area contributed by atoms with E-state index in [1.807, 2.05) is 60.4 Å². The fourth-order valence-corrected chi connectivity index (χ4v) is 4.41. The van der Waals surface area contributed by atoms with Crippen molar-refractivity contribution in [3.63, 3.8) is 0 Å². The summed E-state index contributed by atoms with van der Waals surface area (Å²) in [5.41, 5.74) is 1.83. The standard InChI is InChI=1S/C21H20BrN3O2S/c1-14(21(26)25-10-12-27-13-11-25)28-20-17-4-2-3-5-18(17)23-19(24-20)15-6-8-16(22)9-7-15/h2-9,14H,10-13H2,1H3. The Morgan fingerprint density at radius 1 is 1.11 bits per heavy atom. The van der Waals surface area contributed by atoms with Gasteiger partial charge in [-0.2, -0.15) is 0 Å². The van der Waals surface area contributed by atoms with Crippen LogP contribution in [0.15, 0.2) is 58.0 Å². The van der Waals surface area contributed by atoms with E-state index in [4.69, 9.17) is 14.7 Å². The van der Waals surface area contributed by atoms with Crippen LogP contribution in [0.3, 0.4) is 0 Å². The zero-order chi connectivity index (χ0) is 19.5. The summed E-state index contributed by atoms with van der Waals surface area (Å²) in [7, 11) is 0. The molecule has 144 valence electrons. The van der Waals surface area contributed by atoms with E-state index in [0.29, 0.717) is 32.1 Å². The van der Waals surface area contributed by atoms with E-state index in [-0.39, 0.29) is 11.2 Å². The van der Waals surface area contributed by atoms with Crippen molar-refractivity contribution >= 4 is 44.5 Å². The fourth-order valence-electron chi connectivity index (χ4n) is 3.12. The van der Waals surface area contributed by atoms with Gasteiger partial charge in [-0.05, 0) is 25.1 Å². The molecule has 7 heteroatoms. The number of aromatic nitrogens is 2. The smallest absolute Gasteiger partial charge is 0.235 e. The summed E-state index contributed by atoms with van der Waals surface area (Å²) in [6.45, 7) is 4.45. The van der Waals surface area contributed by atoms with Crippen molar-refractivity contribution in [2.75, 3.05) is 26.3 Å². The number of hydrogen-bond donors (Lipinski definition) is 0. The average Bonchev–Trinajstić information content (AvgIpc) is 2.74. The van der Waals surface area contributed by atoms with Gasteiger partial charge in [-0.3, -0.25) is 4.79 Å². The minimum absolute atomic E-state index is 0.126. The van der Waals surface area contributed by atoms with Crippen molar-refractivity contribution in [3.8, 4) is 11.4 Å². The maximum absolute atomic E-state index is 12.8. The molecule has 0 bridgehead atoms. The molecule has 0 saturated carbocycles. The molecule has 1 fully saturated rings. The predicted octanol–water partition coefficient (Wildman–Crippen LogP) is 4.40. The van der Waals surface area contributed by atoms with Crippen LogP contribution in [0.1, 0.15) is 6.92 Å². The van der Waals surface area contributed by atoms with Gasteiger partial charge in [0.25, 0.3) is 0 Å². The molecule has 0 radical (unpaired) electrons. The highest BCUT2D eigenvalue weighted by molar-refractivity contribution is 9.10. The molecule has 2 aromatic carbocycles. The van der Waals surface area contributed by atoms with Crippen LogP contribution in [-0.4, -0.2) is 52.3 Å². The van der Waals surface area contributed by atoms with Gasteiger partial charge in [0.2, 0.25) is 5.91 Å². The second-order valence-electron chi connectivity index (χ2n) is 6.57.